The maximum absolute atomic E-state index is 13.5. The number of ether oxygens (including phenoxy) is 3. The number of hydrazine groups is 1. The summed E-state index contributed by atoms with van der Waals surface area (Å²) in [5, 5.41) is 26.2. The highest BCUT2D eigenvalue weighted by atomic mass is 35.5. The minimum atomic E-state index is -0.385. The number of nitrogens with zero attached hydrogens (tertiary/aromatic N) is 8. The van der Waals surface area contributed by atoms with Gasteiger partial charge in [-0.2, -0.15) is 15.3 Å². The number of fused-ring (bicyclic) bond motifs is 3. The summed E-state index contributed by atoms with van der Waals surface area (Å²) in [6.45, 7) is 3.95. The van der Waals surface area contributed by atoms with E-state index in [1.807, 2.05) is 205 Å². The van der Waals surface area contributed by atoms with Crippen LogP contribution in [0.25, 0.3) is 50.8 Å². The fraction of sp³-hybridized carbons (Fsp3) is 0.235. The first-order valence-electron chi connectivity index (χ1n) is 35.7. The molecule has 0 aliphatic heterocycles. The molecule has 0 fully saturated rings. The molecule has 552 valence electrons. The standard InChI is InChI=1S/C29H27Cl2N3O2.2C28H26Cl2N4O2/c1-18(19-7-4-3-5-8-19)32-29(35)24-10-6-9-23-27(24)33-34(26-16-13-21(30)17-25(26)31)28(23)20-11-14-22(36-2)15-12-20;1-17(24-8-3-4-15-31-24)32-28(35)22-7-5-6-21-26(22)33-34(25-14-11-19(29)16-23(25)30)27(21)18-9-12-20(36-2)13-10-18;1-33(20-7-4-3-5-8-20)32-28(35)23-10-6-9-22-26(23)31-34(25-16-13-19(29)17-24(25)30)27(22)18-11-14-21(36-2)15-12-18/h3-5,7-8,11-18,24H,6,9-10H2,1-2H3,(H,32,35);3-4,8-17,22H,5-7H2,1-2H3,(H,32,35);3-5,7-8,11-17,23H,6,9-10H2,1-2H3,(H,32,35)/t18-,24+;17-,22?;/m11./s1. The molecule has 2 unspecified atom stereocenters. The zero-order valence-corrected chi connectivity index (χ0v) is 64.8. The Morgan fingerprint density at radius 3 is 1.14 bits per heavy atom. The lowest BCUT2D eigenvalue weighted by Crippen LogP contribution is -2.42. The molecular weight excluding hydrogens is 1480 g/mol. The third kappa shape index (κ3) is 16.8. The molecule has 0 radical (unpaired) electrons. The average Bonchev–Trinajstić information content (AvgIpc) is 1.62. The zero-order chi connectivity index (χ0) is 75.7. The molecule has 4 heterocycles. The van der Waals surface area contributed by atoms with Crippen LogP contribution in [0.15, 0.2) is 212 Å². The van der Waals surface area contributed by atoms with Gasteiger partial charge >= 0.3 is 0 Å². The lowest BCUT2D eigenvalue weighted by atomic mass is 9.85. The summed E-state index contributed by atoms with van der Waals surface area (Å²) in [7, 11) is 6.77. The van der Waals surface area contributed by atoms with E-state index >= 15 is 0 Å². The summed E-state index contributed by atoms with van der Waals surface area (Å²) in [5.74, 6) is 1.06. The van der Waals surface area contributed by atoms with Gasteiger partial charge in [0.25, 0.3) is 0 Å². The van der Waals surface area contributed by atoms with E-state index in [9.17, 15) is 14.4 Å². The Bertz CT molecular complexity index is 4670. The first kappa shape index (κ1) is 76.1. The second kappa shape index (κ2) is 34.4. The second-order valence-corrected chi connectivity index (χ2v) is 29.2. The van der Waals surface area contributed by atoms with E-state index in [-0.39, 0.29) is 47.6 Å². The van der Waals surface area contributed by atoms with Gasteiger partial charge in [0.1, 0.15) is 17.2 Å². The number of hydrogen-bond acceptors (Lipinski definition) is 11. The lowest BCUT2D eigenvalue weighted by molar-refractivity contribution is -0.124. The number of carbonyl (C=O) groups is 3. The van der Waals surface area contributed by atoms with Gasteiger partial charge in [-0.15, -0.1) is 0 Å². The number of methoxy groups -OCH3 is 3. The number of halogens is 6. The summed E-state index contributed by atoms with van der Waals surface area (Å²) in [6, 6.07) is 64.7. The summed E-state index contributed by atoms with van der Waals surface area (Å²) >= 11 is 38.4. The van der Waals surface area contributed by atoms with Gasteiger partial charge in [-0.05, 0) is 229 Å². The lowest BCUT2D eigenvalue weighted by Gasteiger charge is -2.26. The smallest absolute Gasteiger partial charge is 0.247 e. The maximum atomic E-state index is 13.5. The van der Waals surface area contributed by atoms with Gasteiger partial charge in [0.2, 0.25) is 17.7 Å². The molecule has 17 nitrogen and oxygen atoms in total. The topological polar surface area (TPSA) is 185 Å². The zero-order valence-electron chi connectivity index (χ0n) is 60.3. The van der Waals surface area contributed by atoms with Gasteiger partial charge in [0.05, 0.1) is 129 Å². The molecule has 15 rings (SSSR count). The molecule has 0 saturated heterocycles. The SMILES string of the molecule is COc1ccc(-c2c3c(nn2-c2ccc(Cl)cc2Cl)C(C(=O)NN(C)c2ccccc2)CCC3)cc1.COc1ccc(-c2c3c(nn2-c2ccc(Cl)cc2Cl)C(C(=O)N[C@H](C)c2ccccn2)CCC3)cc1.COc1ccc(-c2c3c(nn2-c2ccc(Cl)cc2Cl)[C@@H](C(=O)N[C@H](C)c2ccccc2)CCC3)cc1. The molecule has 23 heteroatoms. The largest absolute Gasteiger partial charge is 0.497 e. The number of anilines is 1. The normalized spacial score (nSPS) is 15.4. The number of nitrogens with one attached hydrogen (secondary N) is 3. The van der Waals surface area contributed by atoms with Crippen molar-refractivity contribution in [2.24, 2.45) is 0 Å². The van der Waals surface area contributed by atoms with E-state index in [1.54, 1.807) is 68.9 Å². The molecule has 0 spiro atoms. The Kier molecular flexibility index (Phi) is 24.3. The number of amides is 3. The van der Waals surface area contributed by atoms with E-state index in [2.05, 4.69) is 21.0 Å². The van der Waals surface area contributed by atoms with Crippen LogP contribution in [-0.4, -0.2) is 80.4 Å². The predicted molar refractivity (Wildman–Crippen MR) is 431 cm³/mol. The van der Waals surface area contributed by atoms with Crippen LogP contribution in [0.3, 0.4) is 0 Å². The number of para-hydroxylation sites is 1. The Labute approximate surface area is 658 Å². The van der Waals surface area contributed by atoms with Crippen LogP contribution in [0.2, 0.25) is 30.1 Å². The van der Waals surface area contributed by atoms with Crippen molar-refractivity contribution in [1.29, 1.82) is 0 Å². The molecule has 3 aliphatic carbocycles. The average molecular weight is 1560 g/mol. The van der Waals surface area contributed by atoms with Crippen LogP contribution in [-0.2, 0) is 33.6 Å². The number of pyridine rings is 1. The van der Waals surface area contributed by atoms with Gasteiger partial charge < -0.3 is 24.8 Å². The van der Waals surface area contributed by atoms with Crippen LogP contribution in [0.4, 0.5) is 5.69 Å². The quantitative estimate of drug-likeness (QED) is 0.0695. The first-order valence-corrected chi connectivity index (χ1v) is 38.0. The van der Waals surface area contributed by atoms with Crippen LogP contribution >= 0.6 is 69.6 Å². The van der Waals surface area contributed by atoms with Crippen molar-refractivity contribution in [3.63, 3.8) is 0 Å². The van der Waals surface area contributed by atoms with Gasteiger partial charge in [-0.25, -0.2) is 14.0 Å². The maximum Gasteiger partial charge on any atom is 0.247 e. The van der Waals surface area contributed by atoms with Crippen LogP contribution < -0.4 is 35.3 Å². The molecule has 3 amide bonds. The van der Waals surface area contributed by atoms with Crippen molar-refractivity contribution < 1.29 is 28.6 Å². The fourth-order valence-electron chi connectivity index (χ4n) is 14.3. The third-order valence-electron chi connectivity index (χ3n) is 19.8. The van der Waals surface area contributed by atoms with Gasteiger partial charge in [-0.1, -0.05) is 124 Å². The molecule has 4 aromatic heterocycles. The first-order chi connectivity index (χ1) is 52.4. The summed E-state index contributed by atoms with van der Waals surface area (Å²) < 4.78 is 21.6. The number of aromatic nitrogens is 7. The van der Waals surface area contributed by atoms with Crippen molar-refractivity contribution >= 4 is 93.0 Å². The Morgan fingerprint density at radius 2 is 0.787 bits per heavy atom. The molecule has 0 bridgehead atoms. The molecule has 8 aromatic carbocycles. The monoisotopic (exact) mass is 1560 g/mol. The van der Waals surface area contributed by atoms with E-state index in [0.29, 0.717) is 41.5 Å². The van der Waals surface area contributed by atoms with E-state index in [0.717, 1.165) is 165 Å². The van der Waals surface area contributed by atoms with Gasteiger partial charge in [-0.3, -0.25) is 29.8 Å². The van der Waals surface area contributed by atoms with E-state index in [1.165, 1.54) is 0 Å². The second-order valence-electron chi connectivity index (χ2n) is 26.7. The minimum Gasteiger partial charge on any atom is -0.497 e. The Hall–Kier alpha value is -10.1. The molecular formula is C85H79Cl6N11O6. The van der Waals surface area contributed by atoms with Gasteiger partial charge in [0.15, 0.2) is 0 Å². The molecule has 3 aliphatic rings. The Morgan fingerprint density at radius 1 is 0.435 bits per heavy atom. The van der Waals surface area contributed by atoms with Crippen molar-refractivity contribution in [1.82, 2.24) is 50.4 Å². The minimum absolute atomic E-state index is 0.0135. The molecule has 108 heavy (non-hydrogen) atoms. The van der Waals surface area contributed by atoms with Gasteiger partial charge in [0, 0.05) is 61.7 Å². The molecule has 5 atom stereocenters. The number of rotatable bonds is 18. The summed E-state index contributed by atoms with van der Waals surface area (Å²) in [6.07, 6.45) is 9.05. The predicted octanol–water partition coefficient (Wildman–Crippen LogP) is 20.1. The summed E-state index contributed by atoms with van der Waals surface area (Å²) in [4.78, 5) is 44.8. The van der Waals surface area contributed by atoms with E-state index in [4.69, 9.17) is 99.1 Å². The van der Waals surface area contributed by atoms with E-state index < -0.39 is 0 Å². The number of benzene rings is 8. The van der Waals surface area contributed by atoms with Crippen LogP contribution in [0, 0.1) is 0 Å². The molecule has 3 N–H and O–H groups in total. The number of hydrogen-bond donors (Lipinski definition) is 3. The highest BCUT2D eigenvalue weighted by Crippen LogP contribution is 2.45. The van der Waals surface area contributed by atoms with Crippen molar-refractivity contribution in [3.8, 4) is 68.1 Å². The van der Waals surface area contributed by atoms with Crippen LogP contribution in [0.1, 0.15) is 127 Å². The summed E-state index contributed by atoms with van der Waals surface area (Å²) in [5.41, 5.74) is 19.2. The van der Waals surface area contributed by atoms with Crippen molar-refractivity contribution in [3.05, 3.63) is 288 Å². The Balaban J connectivity index is 0.000000143. The highest BCUT2D eigenvalue weighted by molar-refractivity contribution is 6.37. The fourth-order valence-corrected chi connectivity index (χ4v) is 15.8. The van der Waals surface area contributed by atoms with Crippen molar-refractivity contribution in [2.75, 3.05) is 33.4 Å². The molecule has 0 saturated carbocycles. The van der Waals surface area contributed by atoms with Crippen LogP contribution in [0.5, 0.6) is 17.2 Å². The third-order valence-corrected chi connectivity index (χ3v) is 21.4. The number of carbonyl (C=O) groups excluding carboxylic acids is 3. The highest BCUT2D eigenvalue weighted by Gasteiger charge is 2.38. The van der Waals surface area contributed by atoms with Crippen molar-refractivity contribution in [2.45, 2.75) is 101 Å². The molecule has 12 aromatic rings.